The van der Waals surface area contributed by atoms with Crippen molar-refractivity contribution >= 4 is 60.6 Å². The molecule has 7 aromatic rings. The number of Topliss-reactive ketones (excluding diaryl/α,β-unsaturated/α-hetero) is 1. The molecule has 0 fully saturated rings. The Morgan fingerprint density at radius 1 is 0.379 bits per heavy atom. The highest BCUT2D eigenvalue weighted by Crippen LogP contribution is 2.31. The van der Waals surface area contributed by atoms with E-state index in [1.54, 1.807) is 0 Å². The van der Waals surface area contributed by atoms with E-state index in [4.69, 9.17) is 0 Å². The Bertz CT molecular complexity index is 2750. The van der Waals surface area contributed by atoms with Gasteiger partial charge in [-0.15, -0.1) is 21.9 Å². The van der Waals surface area contributed by atoms with Crippen LogP contribution in [-0.4, -0.2) is 11.9 Å². The largest absolute Gasteiger partial charge is 0.287 e. The Balaban J connectivity index is 0.000000284. The molecule has 0 spiro atoms. The highest BCUT2D eigenvalue weighted by Gasteiger charge is 2.52. The first-order valence-electron chi connectivity index (χ1n) is 17.8. The lowest BCUT2D eigenvalue weighted by Gasteiger charge is -2.44. The third-order valence-corrected chi connectivity index (χ3v) is 10.8. The number of fused-ring (bicyclic) bond motifs is 1. The van der Waals surface area contributed by atoms with E-state index >= 15 is 35.1 Å². The van der Waals surface area contributed by atoms with E-state index in [1.165, 1.54) is 0 Å². The number of ketones is 1. The molecule has 344 valence electrons. The fourth-order valence-corrected chi connectivity index (χ4v) is 7.83. The molecule has 7 rings (SSSR count). The number of carbonyl (C=O) groups excluding carboxylic acids is 1. The Morgan fingerprint density at radius 3 is 0.985 bits per heavy atom. The van der Waals surface area contributed by atoms with Gasteiger partial charge in [-0.3, -0.25) is 4.79 Å². The van der Waals surface area contributed by atoms with Crippen LogP contribution in [0.5, 0.6) is 0 Å². The first kappa shape index (κ1) is 49.0. The quantitative estimate of drug-likeness (QED) is 0.0283. The van der Waals surface area contributed by atoms with Gasteiger partial charge in [-0.25, -0.2) is 87.8 Å². The molecule has 0 radical (unpaired) electrons. The predicted octanol–water partition coefficient (Wildman–Crippen LogP) is 9.75. The summed E-state index contributed by atoms with van der Waals surface area (Å²) >= 11 is 3.51. The summed E-state index contributed by atoms with van der Waals surface area (Å²) in [4.78, 5) is 12.5. The zero-order valence-electron chi connectivity index (χ0n) is 31.6. The number of hydrogen-bond donors (Lipinski definition) is 0. The lowest BCUT2D eigenvalue weighted by molar-refractivity contribution is -0.663. The number of rotatable bonds is 8. The van der Waals surface area contributed by atoms with Crippen LogP contribution in [0.4, 0.5) is 87.8 Å². The number of pyridine rings is 1. The average Bonchev–Trinajstić information content (AvgIpc) is 3.31. The molecule has 0 atom stereocenters. The molecular weight excluding hydrogens is 1010 g/mol. The van der Waals surface area contributed by atoms with Crippen LogP contribution in [0.1, 0.15) is 16.1 Å². The van der Waals surface area contributed by atoms with Crippen LogP contribution in [-0.2, 0) is 11.9 Å². The van der Waals surface area contributed by atoms with Crippen LogP contribution in [0.2, 0.25) is 0 Å². The molecule has 0 N–H and O–H groups in total. The van der Waals surface area contributed by atoms with Gasteiger partial charge < -0.3 is 0 Å². The standard InChI is InChI=1S/C24BF20.C18H15BrNO/c26-5-1(6(27)14(35)21(42)13(5)34)25(2-7(28)15(36)22(43)16(37)8(2)29,3-9(30)17(38)23(44)18(39)10(3)31)4-11(32)19(40)24(45)20(41)12(4)33;19-12-16-11-10-14-6-4-5-9-17(14)20(16)13-18(21)15-7-2-1-3-8-15/h;1-11H,12-13H2/q-1;+1. The summed E-state index contributed by atoms with van der Waals surface area (Å²) in [5, 5.41) is 1.86. The van der Waals surface area contributed by atoms with E-state index in [-0.39, 0.29) is 5.78 Å². The Labute approximate surface area is 363 Å². The van der Waals surface area contributed by atoms with Gasteiger partial charge in [0.25, 0.3) is 0 Å². The maximum Gasteiger partial charge on any atom is 0.227 e. The smallest absolute Gasteiger partial charge is 0.227 e. The second kappa shape index (κ2) is 18.4. The first-order chi connectivity index (χ1) is 31.0. The Hall–Kier alpha value is -6.46. The summed E-state index contributed by atoms with van der Waals surface area (Å²) in [6.07, 6.45) is -7.22. The molecule has 0 aliphatic rings. The monoisotopic (exact) mass is 1020 g/mol. The van der Waals surface area contributed by atoms with E-state index in [2.05, 4.69) is 44.8 Å². The molecule has 1 aromatic heterocycles. The van der Waals surface area contributed by atoms with Crippen LogP contribution < -0.4 is 26.4 Å². The fourth-order valence-electron chi connectivity index (χ4n) is 7.34. The van der Waals surface area contributed by atoms with E-state index in [0.29, 0.717) is 6.54 Å². The van der Waals surface area contributed by atoms with Crippen molar-refractivity contribution in [3.05, 3.63) is 194 Å². The third-order valence-electron chi connectivity index (χ3n) is 10.3. The third kappa shape index (κ3) is 7.60. The minimum absolute atomic E-state index is 0.124. The van der Waals surface area contributed by atoms with Crippen molar-refractivity contribution in [2.45, 2.75) is 11.9 Å². The number of aromatic nitrogens is 1. The molecule has 0 saturated carbocycles. The van der Waals surface area contributed by atoms with Crippen molar-refractivity contribution in [2.24, 2.45) is 0 Å². The van der Waals surface area contributed by atoms with E-state index in [9.17, 15) is 57.5 Å². The second-order valence-corrected chi connectivity index (χ2v) is 14.3. The van der Waals surface area contributed by atoms with Gasteiger partial charge in [-0.05, 0) is 12.1 Å². The summed E-state index contributed by atoms with van der Waals surface area (Å²) in [5.74, 6) is -71.3. The van der Waals surface area contributed by atoms with Gasteiger partial charge in [0.15, 0.2) is 75.5 Å². The first-order valence-corrected chi connectivity index (χ1v) is 18.9. The van der Waals surface area contributed by atoms with E-state index in [0.717, 1.165) is 27.5 Å². The topological polar surface area (TPSA) is 20.9 Å². The number of alkyl halides is 1. The average molecular weight is 1020 g/mol. The van der Waals surface area contributed by atoms with Crippen molar-refractivity contribution in [1.82, 2.24) is 0 Å². The molecular formula is C42H15BBrF20NO. The molecule has 2 nitrogen and oxygen atoms in total. The minimum Gasteiger partial charge on any atom is -0.287 e. The molecule has 6 aromatic carbocycles. The van der Waals surface area contributed by atoms with Gasteiger partial charge in [0, 0.05) is 23.1 Å². The lowest BCUT2D eigenvalue weighted by atomic mass is 9.12. The Morgan fingerprint density at radius 2 is 0.667 bits per heavy atom. The van der Waals surface area contributed by atoms with Gasteiger partial charge in [0.05, 0.1) is 5.33 Å². The lowest BCUT2D eigenvalue weighted by Crippen LogP contribution is -2.81. The molecule has 0 unspecified atom stereocenters. The number of carbonyl (C=O) groups is 1. The van der Waals surface area contributed by atoms with Crippen molar-refractivity contribution in [2.75, 3.05) is 0 Å². The summed E-state index contributed by atoms with van der Waals surface area (Å²) in [7, 11) is 0. The second-order valence-electron chi connectivity index (χ2n) is 13.7. The summed E-state index contributed by atoms with van der Waals surface area (Å²) in [6, 6.07) is 21.7. The van der Waals surface area contributed by atoms with Crippen molar-refractivity contribution in [1.29, 1.82) is 0 Å². The van der Waals surface area contributed by atoms with Gasteiger partial charge >= 0.3 is 0 Å². The molecule has 66 heavy (non-hydrogen) atoms. The minimum atomic E-state index is -7.22. The number of hydrogen-bond acceptors (Lipinski definition) is 1. The molecule has 0 saturated heterocycles. The molecule has 0 aliphatic carbocycles. The van der Waals surface area contributed by atoms with E-state index < -0.39 is 144 Å². The van der Waals surface area contributed by atoms with Crippen molar-refractivity contribution in [3.8, 4) is 0 Å². The highest BCUT2D eigenvalue weighted by molar-refractivity contribution is 9.08. The predicted molar refractivity (Wildman–Crippen MR) is 197 cm³/mol. The highest BCUT2D eigenvalue weighted by atomic mass is 79.9. The molecule has 0 aliphatic heterocycles. The molecule has 24 heteroatoms. The number of para-hydroxylation sites is 1. The van der Waals surface area contributed by atoms with E-state index in [1.807, 2.05) is 42.5 Å². The van der Waals surface area contributed by atoms with Crippen LogP contribution in [0.25, 0.3) is 10.9 Å². The zero-order valence-corrected chi connectivity index (χ0v) is 33.2. The van der Waals surface area contributed by atoms with Gasteiger partial charge in [-0.2, -0.15) is 4.57 Å². The molecule has 0 bridgehead atoms. The summed E-state index contributed by atoms with van der Waals surface area (Å²) in [6.45, 7) is 0.353. The van der Waals surface area contributed by atoms with Gasteiger partial charge in [0.1, 0.15) is 52.7 Å². The summed E-state index contributed by atoms with van der Waals surface area (Å²) < 4.78 is 296. The van der Waals surface area contributed by atoms with Crippen molar-refractivity contribution in [3.63, 3.8) is 0 Å². The van der Waals surface area contributed by atoms with Crippen LogP contribution in [0.15, 0.2) is 66.7 Å². The zero-order chi connectivity index (χ0) is 49.0. The van der Waals surface area contributed by atoms with Crippen LogP contribution >= 0.6 is 15.9 Å². The van der Waals surface area contributed by atoms with Crippen LogP contribution in [0.3, 0.4) is 0 Å². The van der Waals surface area contributed by atoms with Crippen LogP contribution in [0, 0.1) is 116 Å². The SMILES string of the molecule is Fc1c(F)c(F)c([B-](c2c(F)c(F)c(F)c(F)c2F)(c2c(F)c(F)c(F)c(F)c2F)c2c(F)c(F)c(F)c(F)c2F)c(F)c1F.O=C(C[n+]1c(CBr)ccc2ccccc21)c1ccccc1. The number of benzene rings is 6. The maximum absolute atomic E-state index is 15.4. The maximum atomic E-state index is 15.4. The van der Waals surface area contributed by atoms with Gasteiger partial charge in [0.2, 0.25) is 17.8 Å². The number of halogens is 21. The van der Waals surface area contributed by atoms with Crippen molar-refractivity contribution < 1.29 is 97.2 Å². The normalized spacial score (nSPS) is 11.6. The van der Waals surface area contributed by atoms with Gasteiger partial charge in [-0.1, -0.05) is 58.4 Å². The number of nitrogens with zero attached hydrogens (tertiary/aromatic N) is 1. The Kier molecular flexibility index (Phi) is 13.7. The summed E-state index contributed by atoms with van der Waals surface area (Å²) in [5.41, 5.74) is -11.4. The molecule has 1 heterocycles. The fraction of sp³-hybridized carbons (Fsp3) is 0.0476. The molecule has 0 amide bonds.